The first-order valence-corrected chi connectivity index (χ1v) is 14.1. The van der Waals surface area contributed by atoms with Crippen LogP contribution in [0, 0.1) is 23.7 Å². The van der Waals surface area contributed by atoms with Crippen LogP contribution in [-0.4, -0.2) is 52.5 Å². The van der Waals surface area contributed by atoms with Crippen molar-refractivity contribution in [3.05, 3.63) is 35.5 Å². The third-order valence-corrected chi connectivity index (χ3v) is 8.98. The number of alkyl carbamates (subject to hydrolysis) is 2. The van der Waals surface area contributed by atoms with Crippen LogP contribution in [0.15, 0.2) is 35.5 Å². The molecule has 2 saturated heterocycles. The van der Waals surface area contributed by atoms with Gasteiger partial charge in [0.1, 0.15) is 12.2 Å². The SMILES string of the molecule is CC1=C[C@@H]2OC(=O)N[C@@H]2C1.CC1=C[C@H](O)[C@H](C)C1.C[C@@H]1C=C[C@H](C)C1.C[C@H]1C[C@H]2NC(=O)O[C@H]2C1Br. The van der Waals surface area contributed by atoms with Gasteiger partial charge in [0.05, 0.1) is 23.0 Å². The summed E-state index contributed by atoms with van der Waals surface area (Å²) in [5.74, 6) is 2.73. The number of hydrogen-bond acceptors (Lipinski definition) is 5. The van der Waals surface area contributed by atoms with Crippen LogP contribution in [-0.2, 0) is 9.47 Å². The molecule has 0 bridgehead atoms. The number of fused-ring (bicyclic) bond motifs is 2. The topological polar surface area (TPSA) is 96.9 Å². The van der Waals surface area contributed by atoms with Crippen molar-refractivity contribution < 1.29 is 24.2 Å². The van der Waals surface area contributed by atoms with E-state index in [1.165, 1.54) is 17.6 Å². The van der Waals surface area contributed by atoms with Crippen LogP contribution in [0.3, 0.4) is 0 Å². The Morgan fingerprint density at radius 3 is 1.86 bits per heavy atom. The van der Waals surface area contributed by atoms with Crippen LogP contribution in [0.1, 0.15) is 67.2 Å². The van der Waals surface area contributed by atoms with Crippen molar-refractivity contribution in [1.29, 1.82) is 0 Å². The number of aliphatic hydroxyl groups is 1. The number of amides is 2. The van der Waals surface area contributed by atoms with E-state index in [0.717, 1.165) is 31.1 Å². The highest BCUT2D eigenvalue weighted by molar-refractivity contribution is 9.09. The van der Waals surface area contributed by atoms with E-state index in [9.17, 15) is 9.59 Å². The number of carbonyl (C=O) groups is 2. The average molecular weight is 568 g/mol. The van der Waals surface area contributed by atoms with Crippen molar-refractivity contribution in [2.45, 2.75) is 102 Å². The molecule has 0 aromatic carbocycles. The normalized spacial score (nSPS) is 41.0. The lowest BCUT2D eigenvalue weighted by atomic mass is 10.1. The zero-order valence-corrected chi connectivity index (χ0v) is 24.0. The Kier molecular flexibility index (Phi) is 10.1. The highest BCUT2D eigenvalue weighted by Gasteiger charge is 2.47. The number of halogens is 1. The average Bonchev–Trinajstić information content (AvgIpc) is 3.59. The molecule has 3 N–H and O–H groups in total. The van der Waals surface area contributed by atoms with Crippen LogP contribution >= 0.6 is 15.9 Å². The standard InChI is InChI=1S/C7H10BrNO2.C7H9NO2.C7H12O.C7H12/c1-3-2-4-6(5(3)8)11-7(10)9-4;1-4-2-5-6(3-4)10-7(9)8-5;1-5-3-6(2)7(8)4-5;1-6-3-4-7(2)5-6/h3-6H,2H2,1H3,(H,9,10);3,5-6H,2H2,1H3,(H,8,9);4,6-8H,3H2,1-2H3;3-4,6-7H,5H2,1-2H3/t3-,4+,5?,6+;5-,6+;2*6-,7+/m011./s1. The lowest BCUT2D eigenvalue weighted by Gasteiger charge is -2.11. The van der Waals surface area contributed by atoms with Gasteiger partial charge in [0.15, 0.2) is 0 Å². The Balaban J connectivity index is 0.000000136. The fourth-order valence-corrected chi connectivity index (χ4v) is 6.26. The maximum absolute atomic E-state index is 10.8. The van der Waals surface area contributed by atoms with Gasteiger partial charge in [-0.1, -0.05) is 73.0 Å². The van der Waals surface area contributed by atoms with Crippen molar-refractivity contribution in [3.8, 4) is 0 Å². The summed E-state index contributed by atoms with van der Waals surface area (Å²) in [6.07, 6.45) is 12.3. The zero-order chi connectivity index (χ0) is 26.6. The minimum absolute atomic E-state index is 0.00694. The van der Waals surface area contributed by atoms with Gasteiger partial charge in [0.25, 0.3) is 0 Å². The molecule has 36 heavy (non-hydrogen) atoms. The number of hydrogen-bond donors (Lipinski definition) is 3. The fraction of sp³-hybridized carbons (Fsp3) is 0.714. The monoisotopic (exact) mass is 566 g/mol. The van der Waals surface area contributed by atoms with E-state index < -0.39 is 0 Å². The predicted molar refractivity (Wildman–Crippen MR) is 145 cm³/mol. The minimum atomic E-state index is -0.279. The number of nitrogens with one attached hydrogen (secondary N) is 2. The molecule has 6 aliphatic rings. The van der Waals surface area contributed by atoms with Gasteiger partial charge in [-0.25, -0.2) is 9.59 Å². The maximum atomic E-state index is 10.8. The summed E-state index contributed by atoms with van der Waals surface area (Å²) in [5.41, 5.74) is 2.62. The van der Waals surface area contributed by atoms with Crippen molar-refractivity contribution in [2.24, 2.45) is 23.7 Å². The Morgan fingerprint density at radius 2 is 1.42 bits per heavy atom. The first kappa shape index (κ1) is 28.8. The molecule has 0 spiro atoms. The van der Waals surface area contributed by atoms with E-state index in [2.05, 4.69) is 73.3 Å². The van der Waals surface area contributed by atoms with Crippen LogP contribution in [0.4, 0.5) is 9.59 Å². The summed E-state index contributed by atoms with van der Waals surface area (Å²) < 4.78 is 10.0. The molecule has 1 saturated carbocycles. The van der Waals surface area contributed by atoms with Crippen molar-refractivity contribution in [1.82, 2.24) is 10.6 Å². The van der Waals surface area contributed by atoms with Crippen LogP contribution in [0.25, 0.3) is 0 Å². The molecule has 1 unspecified atom stereocenters. The smallest absolute Gasteiger partial charge is 0.408 e. The van der Waals surface area contributed by atoms with E-state index in [1.807, 2.05) is 19.1 Å². The summed E-state index contributed by atoms with van der Waals surface area (Å²) >= 11 is 3.52. The second-order valence-corrected chi connectivity index (χ2v) is 12.4. The summed E-state index contributed by atoms with van der Waals surface area (Å²) in [6, 6.07) is 0.453. The van der Waals surface area contributed by atoms with E-state index in [0.29, 0.717) is 16.7 Å². The molecule has 2 aliphatic heterocycles. The van der Waals surface area contributed by atoms with Gasteiger partial charge in [-0.3, -0.25) is 0 Å². The molecule has 202 valence electrons. The summed E-state index contributed by atoms with van der Waals surface area (Å²) in [7, 11) is 0. The molecule has 10 atom stereocenters. The van der Waals surface area contributed by atoms with Gasteiger partial charge in [-0.15, -0.1) is 0 Å². The van der Waals surface area contributed by atoms with Gasteiger partial charge in [0.2, 0.25) is 0 Å². The van der Waals surface area contributed by atoms with Crippen LogP contribution in [0.5, 0.6) is 0 Å². The largest absolute Gasteiger partial charge is 0.443 e. The predicted octanol–water partition coefficient (Wildman–Crippen LogP) is 5.63. The van der Waals surface area contributed by atoms with Crippen molar-refractivity contribution in [2.75, 3.05) is 0 Å². The Labute approximate surface area is 224 Å². The van der Waals surface area contributed by atoms with Crippen molar-refractivity contribution in [3.63, 3.8) is 0 Å². The summed E-state index contributed by atoms with van der Waals surface area (Å²) in [5, 5.41) is 14.6. The number of ether oxygens (including phenoxy) is 2. The molecule has 0 radical (unpaired) electrons. The second kappa shape index (κ2) is 12.6. The molecule has 3 fully saturated rings. The quantitative estimate of drug-likeness (QED) is 0.260. The van der Waals surface area contributed by atoms with Crippen LogP contribution < -0.4 is 10.6 Å². The van der Waals surface area contributed by atoms with E-state index in [4.69, 9.17) is 14.6 Å². The number of allylic oxidation sites excluding steroid dienone is 3. The van der Waals surface area contributed by atoms with Gasteiger partial charge in [-0.2, -0.15) is 0 Å². The number of rotatable bonds is 0. The highest BCUT2D eigenvalue weighted by Crippen LogP contribution is 2.36. The Bertz CT molecular complexity index is 877. The molecule has 4 aliphatic carbocycles. The first-order valence-electron chi connectivity index (χ1n) is 13.2. The first-order chi connectivity index (χ1) is 16.9. The summed E-state index contributed by atoms with van der Waals surface area (Å²) in [6.45, 7) is 12.9. The second-order valence-electron chi connectivity index (χ2n) is 11.4. The molecule has 7 nitrogen and oxygen atoms in total. The van der Waals surface area contributed by atoms with E-state index in [-0.39, 0.29) is 42.6 Å². The molecule has 2 amide bonds. The lowest BCUT2D eigenvalue weighted by Crippen LogP contribution is -2.28. The van der Waals surface area contributed by atoms with Gasteiger partial charge >= 0.3 is 12.2 Å². The third kappa shape index (κ3) is 7.85. The number of alkyl halides is 1. The van der Waals surface area contributed by atoms with E-state index >= 15 is 0 Å². The number of aliphatic hydroxyl groups excluding tert-OH is 1. The maximum Gasteiger partial charge on any atom is 0.408 e. The molecule has 0 aromatic rings. The molecule has 8 heteroatoms. The van der Waals surface area contributed by atoms with Gasteiger partial charge in [0, 0.05) is 0 Å². The molecular formula is C28H43BrN2O5. The zero-order valence-electron chi connectivity index (χ0n) is 22.4. The van der Waals surface area contributed by atoms with Gasteiger partial charge < -0.3 is 25.2 Å². The Hall–Kier alpha value is -1.80. The van der Waals surface area contributed by atoms with E-state index in [1.54, 1.807) is 0 Å². The molecule has 2 heterocycles. The Morgan fingerprint density at radius 1 is 0.833 bits per heavy atom. The molecular weight excluding hydrogens is 524 g/mol. The summed E-state index contributed by atoms with van der Waals surface area (Å²) in [4.78, 5) is 21.7. The van der Waals surface area contributed by atoms with Gasteiger partial charge in [-0.05, 0) is 69.3 Å². The fourth-order valence-electron chi connectivity index (χ4n) is 5.57. The molecule has 0 aromatic heterocycles. The van der Waals surface area contributed by atoms with Crippen LogP contribution in [0.2, 0.25) is 0 Å². The highest BCUT2D eigenvalue weighted by atomic mass is 79.9. The lowest BCUT2D eigenvalue weighted by molar-refractivity contribution is 0.138. The third-order valence-electron chi connectivity index (χ3n) is 7.55. The molecule has 6 rings (SSSR count). The number of carbonyl (C=O) groups excluding carboxylic acids is 2. The minimum Gasteiger partial charge on any atom is -0.443 e. The van der Waals surface area contributed by atoms with Crippen molar-refractivity contribution >= 4 is 28.1 Å².